The SMILES string of the molecule is CC12c3ccc4c(c3)N(CCC4)c3ccc4c(-c5ccccc5)c5cc(N6CCCc7ccccc76)ccc5c(c4c3)-c3ccc(c1c3)-c1ccccc12. The van der Waals surface area contributed by atoms with Crippen LogP contribution in [-0.4, -0.2) is 13.1 Å². The molecule has 0 amide bonds. The Hall–Kier alpha value is -6.12. The summed E-state index contributed by atoms with van der Waals surface area (Å²) in [5, 5.41) is 5.23. The van der Waals surface area contributed by atoms with Gasteiger partial charge in [-0.1, -0.05) is 109 Å². The van der Waals surface area contributed by atoms with Gasteiger partial charge in [0.05, 0.1) is 0 Å². The highest BCUT2D eigenvalue weighted by atomic mass is 15.1. The van der Waals surface area contributed by atoms with E-state index < -0.39 is 0 Å². The highest BCUT2D eigenvalue weighted by Gasteiger charge is 2.42. The van der Waals surface area contributed by atoms with Crippen LogP contribution >= 0.6 is 0 Å². The van der Waals surface area contributed by atoms with Gasteiger partial charge >= 0.3 is 0 Å². The van der Waals surface area contributed by atoms with E-state index >= 15 is 0 Å². The molecule has 4 aliphatic rings. The molecule has 2 heteroatoms. The summed E-state index contributed by atoms with van der Waals surface area (Å²) >= 11 is 0. The third-order valence-corrected chi connectivity index (χ3v) is 13.3. The van der Waals surface area contributed by atoms with E-state index in [1.165, 1.54) is 105 Å². The van der Waals surface area contributed by atoms with Gasteiger partial charge in [-0.2, -0.15) is 0 Å². The molecule has 2 nitrogen and oxygen atoms in total. The Morgan fingerprint density at radius 2 is 1.07 bits per heavy atom. The third kappa shape index (κ3) is 4.11. The molecule has 8 aromatic carbocycles. The van der Waals surface area contributed by atoms with Gasteiger partial charge in [0.2, 0.25) is 0 Å². The summed E-state index contributed by atoms with van der Waals surface area (Å²) in [6.45, 7) is 4.51. The molecule has 0 N–H and O–H groups in total. The van der Waals surface area contributed by atoms with Crippen molar-refractivity contribution in [3.8, 4) is 33.4 Å². The van der Waals surface area contributed by atoms with Crippen LogP contribution in [0.5, 0.6) is 0 Å². The summed E-state index contributed by atoms with van der Waals surface area (Å²) in [5.74, 6) is 0. The predicted octanol–water partition coefficient (Wildman–Crippen LogP) is 13.1. The van der Waals surface area contributed by atoms with Crippen molar-refractivity contribution in [2.75, 3.05) is 22.9 Å². The molecule has 54 heavy (non-hydrogen) atoms. The minimum atomic E-state index is -0.277. The van der Waals surface area contributed by atoms with E-state index in [1.807, 2.05) is 0 Å². The normalized spacial score (nSPS) is 17.6. The molecule has 0 spiro atoms. The predicted molar refractivity (Wildman–Crippen MR) is 227 cm³/mol. The second kappa shape index (κ2) is 11.2. The highest BCUT2D eigenvalue weighted by Crippen LogP contribution is 2.56. The molecule has 258 valence electrons. The van der Waals surface area contributed by atoms with Gasteiger partial charge in [0.1, 0.15) is 0 Å². The van der Waals surface area contributed by atoms with Crippen molar-refractivity contribution in [2.24, 2.45) is 0 Å². The van der Waals surface area contributed by atoms with Gasteiger partial charge in [-0.3, -0.25) is 0 Å². The van der Waals surface area contributed by atoms with E-state index in [0.29, 0.717) is 0 Å². The molecule has 3 heterocycles. The minimum Gasteiger partial charge on any atom is -0.341 e. The van der Waals surface area contributed by atoms with Gasteiger partial charge in [-0.25, -0.2) is 0 Å². The lowest BCUT2D eigenvalue weighted by atomic mass is 9.73. The van der Waals surface area contributed by atoms with Gasteiger partial charge < -0.3 is 9.80 Å². The van der Waals surface area contributed by atoms with Crippen LogP contribution in [0.2, 0.25) is 0 Å². The molecule has 0 saturated heterocycles. The molecule has 0 aromatic heterocycles. The Kier molecular flexibility index (Phi) is 6.29. The van der Waals surface area contributed by atoms with Crippen LogP contribution in [0.25, 0.3) is 54.9 Å². The molecule has 1 aliphatic carbocycles. The van der Waals surface area contributed by atoms with Crippen molar-refractivity contribution in [2.45, 2.75) is 38.0 Å². The number of anilines is 4. The van der Waals surface area contributed by atoms with Crippen molar-refractivity contribution in [1.29, 1.82) is 0 Å². The molecule has 1 atom stereocenters. The molecule has 8 aromatic rings. The summed E-state index contributed by atoms with van der Waals surface area (Å²) < 4.78 is 0. The number of para-hydroxylation sites is 1. The van der Waals surface area contributed by atoms with Crippen LogP contribution in [0, 0.1) is 0 Å². The molecule has 12 rings (SSSR count). The largest absolute Gasteiger partial charge is 0.341 e. The first-order valence-corrected chi connectivity index (χ1v) is 19.8. The third-order valence-electron chi connectivity index (χ3n) is 13.3. The Morgan fingerprint density at radius 1 is 0.444 bits per heavy atom. The smallest absolute Gasteiger partial charge is 0.0446 e. The van der Waals surface area contributed by atoms with Gasteiger partial charge in [0, 0.05) is 41.3 Å². The van der Waals surface area contributed by atoms with Gasteiger partial charge in [0.25, 0.3) is 0 Å². The maximum atomic E-state index is 2.61. The topological polar surface area (TPSA) is 6.48 Å². The Bertz CT molecular complexity index is 2870. The van der Waals surface area contributed by atoms with E-state index in [9.17, 15) is 0 Å². The zero-order valence-corrected chi connectivity index (χ0v) is 30.6. The number of benzene rings is 8. The molecule has 3 aliphatic heterocycles. The monoisotopic (exact) mass is 692 g/mol. The maximum absolute atomic E-state index is 2.61. The standard InChI is InChI=1S/C52H40N2/c1-52-37-21-19-34-15-10-28-54(49(34)30-37)39-23-25-42-45(32-39)51(36-20-24-41(47(52)29-36)40-16-6-7-17-46(40)52)43-26-22-38(31-44(43)50(42)35-12-3-2-4-13-35)53-27-9-14-33-11-5-8-18-48(33)53/h2-8,11-13,16-26,29-32H,9-10,14-15,27-28H2,1H3. The first-order chi connectivity index (χ1) is 26.6. The number of hydrogen-bond acceptors (Lipinski definition) is 2. The van der Waals surface area contributed by atoms with Crippen LogP contribution in [0.1, 0.15) is 47.6 Å². The lowest BCUT2D eigenvalue weighted by molar-refractivity contribution is 0.707. The molecule has 6 bridgehead atoms. The molecule has 1 unspecified atom stereocenters. The zero-order chi connectivity index (χ0) is 35.5. The fraction of sp³-hybridized carbons (Fsp3) is 0.154. The fourth-order valence-electron chi connectivity index (χ4n) is 10.7. The first kappa shape index (κ1) is 30.4. The lowest BCUT2D eigenvalue weighted by Gasteiger charge is -2.36. The van der Waals surface area contributed by atoms with Crippen LogP contribution in [0.4, 0.5) is 22.7 Å². The summed E-state index contributed by atoms with van der Waals surface area (Å²) in [7, 11) is 0. The minimum absolute atomic E-state index is 0.277. The van der Waals surface area contributed by atoms with E-state index in [1.54, 1.807) is 0 Å². The van der Waals surface area contributed by atoms with Crippen molar-refractivity contribution in [3.63, 3.8) is 0 Å². The Balaban J connectivity index is 1.22. The summed E-state index contributed by atoms with van der Waals surface area (Å²) in [6, 6.07) is 58.6. The highest BCUT2D eigenvalue weighted by molar-refractivity contribution is 6.22. The van der Waals surface area contributed by atoms with E-state index in [2.05, 4.69) is 168 Å². The second-order valence-electron chi connectivity index (χ2n) is 16.0. The van der Waals surface area contributed by atoms with E-state index in [4.69, 9.17) is 0 Å². The molecular weight excluding hydrogens is 653 g/mol. The number of nitrogens with zero attached hydrogens (tertiary/aromatic N) is 2. The zero-order valence-electron chi connectivity index (χ0n) is 30.6. The van der Waals surface area contributed by atoms with Crippen LogP contribution < -0.4 is 9.80 Å². The molecule has 0 saturated carbocycles. The summed E-state index contributed by atoms with van der Waals surface area (Å²) in [5.41, 5.74) is 19.9. The number of fused-ring (bicyclic) bond motifs is 12. The van der Waals surface area contributed by atoms with E-state index in [-0.39, 0.29) is 5.41 Å². The number of aryl methyl sites for hydroxylation is 2. The molecule has 0 radical (unpaired) electrons. The van der Waals surface area contributed by atoms with Crippen molar-refractivity contribution in [1.82, 2.24) is 0 Å². The Labute approximate surface area is 316 Å². The Morgan fingerprint density at radius 3 is 1.85 bits per heavy atom. The average Bonchev–Trinajstić information content (AvgIpc) is 3.49. The number of hydrogen-bond donors (Lipinski definition) is 0. The maximum Gasteiger partial charge on any atom is 0.0446 e. The van der Waals surface area contributed by atoms with Crippen LogP contribution in [-0.2, 0) is 18.3 Å². The van der Waals surface area contributed by atoms with Gasteiger partial charge in [0.15, 0.2) is 0 Å². The van der Waals surface area contributed by atoms with Crippen molar-refractivity contribution >= 4 is 44.3 Å². The summed E-state index contributed by atoms with van der Waals surface area (Å²) in [4.78, 5) is 5.15. The molecular formula is C52H40N2. The second-order valence-corrected chi connectivity index (χ2v) is 16.0. The first-order valence-electron chi connectivity index (χ1n) is 19.8. The molecule has 0 fully saturated rings. The van der Waals surface area contributed by atoms with Gasteiger partial charge in [-0.15, -0.1) is 0 Å². The van der Waals surface area contributed by atoms with Gasteiger partial charge in [-0.05, 0) is 158 Å². The summed E-state index contributed by atoms with van der Waals surface area (Å²) in [6.07, 6.45) is 4.56. The lowest BCUT2D eigenvalue weighted by Crippen LogP contribution is -2.27. The average molecular weight is 693 g/mol. The quantitative estimate of drug-likeness (QED) is 0.166. The van der Waals surface area contributed by atoms with Crippen LogP contribution in [0.3, 0.4) is 0 Å². The van der Waals surface area contributed by atoms with Crippen molar-refractivity contribution < 1.29 is 0 Å². The van der Waals surface area contributed by atoms with E-state index in [0.717, 1.165) is 38.8 Å². The van der Waals surface area contributed by atoms with Crippen LogP contribution in [0.15, 0.2) is 152 Å². The number of rotatable bonds is 2. The van der Waals surface area contributed by atoms with Crippen molar-refractivity contribution in [3.05, 3.63) is 179 Å². The fourth-order valence-corrected chi connectivity index (χ4v) is 10.7.